The third-order valence-electron chi connectivity index (χ3n) is 3.55. The molecule has 1 aromatic rings. The molecular weight excluding hydrogens is 284 g/mol. The summed E-state index contributed by atoms with van der Waals surface area (Å²) in [5.41, 5.74) is -0.371. The fraction of sp³-hybridized carbons (Fsp3) is 0.462. The van der Waals surface area contributed by atoms with Gasteiger partial charge in [-0.1, -0.05) is 24.6 Å². The number of piperidine rings is 1. The maximum atomic E-state index is 12.5. The second kappa shape index (κ2) is 5.76. The van der Waals surface area contributed by atoms with Crippen molar-refractivity contribution < 1.29 is 14.8 Å². The maximum Gasteiger partial charge on any atom is 0.283 e. The molecule has 6 nitrogen and oxygen atoms in total. The van der Waals surface area contributed by atoms with Gasteiger partial charge in [0.15, 0.2) is 0 Å². The number of hydrogen-bond donors (Lipinski definition) is 1. The Morgan fingerprint density at radius 3 is 2.85 bits per heavy atom. The first-order chi connectivity index (χ1) is 9.41. The van der Waals surface area contributed by atoms with Gasteiger partial charge in [0.1, 0.15) is 5.56 Å². The van der Waals surface area contributed by atoms with Crippen molar-refractivity contribution in [3.63, 3.8) is 0 Å². The van der Waals surface area contributed by atoms with Crippen LogP contribution in [0.4, 0.5) is 5.69 Å². The van der Waals surface area contributed by atoms with Gasteiger partial charge < -0.3 is 10.0 Å². The van der Waals surface area contributed by atoms with Crippen molar-refractivity contribution in [1.29, 1.82) is 0 Å². The Balaban J connectivity index is 2.32. The number of carbonyl (C=O) groups is 1. The Morgan fingerprint density at radius 2 is 2.25 bits per heavy atom. The summed E-state index contributed by atoms with van der Waals surface area (Å²) in [6.07, 6.45) is 0.0193. The lowest BCUT2D eigenvalue weighted by Crippen LogP contribution is -2.45. The summed E-state index contributed by atoms with van der Waals surface area (Å²) < 4.78 is 0. The van der Waals surface area contributed by atoms with Crippen molar-refractivity contribution in [3.05, 3.63) is 38.9 Å². The zero-order chi connectivity index (χ0) is 14.9. The summed E-state index contributed by atoms with van der Waals surface area (Å²) in [6, 6.07) is 4.17. The minimum Gasteiger partial charge on any atom is -0.393 e. The molecule has 2 atom stereocenters. The molecule has 1 aliphatic rings. The first-order valence-corrected chi connectivity index (χ1v) is 6.70. The number of nitro groups is 1. The summed E-state index contributed by atoms with van der Waals surface area (Å²) in [6.45, 7) is 2.57. The molecule has 1 N–H and O–H groups in total. The monoisotopic (exact) mass is 298 g/mol. The minimum atomic E-state index is -0.610. The number of benzene rings is 1. The van der Waals surface area contributed by atoms with E-state index >= 15 is 0 Å². The van der Waals surface area contributed by atoms with Gasteiger partial charge in [0.2, 0.25) is 0 Å². The molecule has 1 amide bonds. The van der Waals surface area contributed by atoms with E-state index in [1.54, 1.807) is 0 Å². The lowest BCUT2D eigenvalue weighted by molar-refractivity contribution is -0.385. The average Bonchev–Trinajstić information content (AvgIpc) is 2.40. The highest BCUT2D eigenvalue weighted by molar-refractivity contribution is 6.34. The molecular formula is C13H15ClN2O4. The molecule has 1 fully saturated rings. The van der Waals surface area contributed by atoms with Gasteiger partial charge >= 0.3 is 0 Å². The fourth-order valence-corrected chi connectivity index (χ4v) is 2.60. The zero-order valence-electron chi connectivity index (χ0n) is 11.0. The molecule has 2 rings (SSSR count). The number of aliphatic hydroxyl groups is 1. The number of rotatable bonds is 2. The second-order valence-electron chi connectivity index (χ2n) is 4.98. The van der Waals surface area contributed by atoms with Crippen LogP contribution in [-0.2, 0) is 0 Å². The van der Waals surface area contributed by atoms with Gasteiger partial charge in [-0.3, -0.25) is 14.9 Å². The Bertz CT molecular complexity index is 549. The largest absolute Gasteiger partial charge is 0.393 e. The molecule has 0 bridgehead atoms. The van der Waals surface area contributed by atoms with Gasteiger partial charge in [0, 0.05) is 19.2 Å². The molecule has 20 heavy (non-hydrogen) atoms. The molecule has 1 saturated heterocycles. The van der Waals surface area contributed by atoms with E-state index in [0.717, 1.165) is 0 Å². The van der Waals surface area contributed by atoms with Crippen molar-refractivity contribution >= 4 is 23.2 Å². The van der Waals surface area contributed by atoms with Crippen LogP contribution in [-0.4, -0.2) is 40.0 Å². The number of hydrogen-bond acceptors (Lipinski definition) is 4. The van der Waals surface area contributed by atoms with Crippen molar-refractivity contribution in [3.8, 4) is 0 Å². The van der Waals surface area contributed by atoms with E-state index < -0.39 is 16.9 Å². The molecule has 2 unspecified atom stereocenters. The molecule has 0 radical (unpaired) electrons. The van der Waals surface area contributed by atoms with E-state index in [4.69, 9.17) is 11.6 Å². The zero-order valence-corrected chi connectivity index (χ0v) is 11.7. The molecule has 1 heterocycles. The third-order valence-corrected chi connectivity index (χ3v) is 3.86. The number of nitro benzene ring substituents is 1. The SMILES string of the molecule is CC1CN(C(=O)c2c(Cl)cccc2[N+](=O)[O-])CCC1O. The van der Waals surface area contributed by atoms with Gasteiger partial charge in [-0.15, -0.1) is 0 Å². The normalized spacial score (nSPS) is 22.6. The van der Waals surface area contributed by atoms with Gasteiger partial charge in [0.05, 0.1) is 16.0 Å². The van der Waals surface area contributed by atoms with Crippen LogP contribution in [0.1, 0.15) is 23.7 Å². The van der Waals surface area contributed by atoms with Crippen LogP contribution in [0.2, 0.25) is 5.02 Å². The third kappa shape index (κ3) is 2.76. The van der Waals surface area contributed by atoms with Crippen molar-refractivity contribution in [1.82, 2.24) is 4.90 Å². The van der Waals surface area contributed by atoms with Crippen molar-refractivity contribution in [2.45, 2.75) is 19.4 Å². The predicted molar refractivity (Wildman–Crippen MR) is 73.8 cm³/mol. The van der Waals surface area contributed by atoms with Gasteiger partial charge in [-0.05, 0) is 18.4 Å². The van der Waals surface area contributed by atoms with Gasteiger partial charge in [-0.2, -0.15) is 0 Å². The topological polar surface area (TPSA) is 83.7 Å². The van der Waals surface area contributed by atoms with Gasteiger partial charge in [0.25, 0.3) is 11.6 Å². The van der Waals surface area contributed by atoms with Crippen LogP contribution in [0, 0.1) is 16.0 Å². The quantitative estimate of drug-likeness (QED) is 0.669. The smallest absolute Gasteiger partial charge is 0.283 e. The van der Waals surface area contributed by atoms with Crippen LogP contribution in [0.3, 0.4) is 0 Å². The molecule has 0 aromatic heterocycles. The summed E-state index contributed by atoms with van der Waals surface area (Å²) >= 11 is 5.95. The highest BCUT2D eigenvalue weighted by Gasteiger charge is 2.32. The highest BCUT2D eigenvalue weighted by atomic mass is 35.5. The average molecular weight is 299 g/mol. The molecule has 0 aliphatic carbocycles. The summed E-state index contributed by atoms with van der Waals surface area (Å²) in [5, 5.41) is 20.8. The molecule has 0 spiro atoms. The van der Waals surface area contributed by atoms with Gasteiger partial charge in [-0.25, -0.2) is 0 Å². The Kier molecular flexibility index (Phi) is 4.25. The molecule has 1 aliphatic heterocycles. The number of halogens is 1. The Hall–Kier alpha value is -1.66. The van der Waals surface area contributed by atoms with Crippen LogP contribution >= 0.6 is 11.6 Å². The van der Waals surface area contributed by atoms with E-state index in [1.807, 2.05) is 6.92 Å². The van der Waals surface area contributed by atoms with Crippen molar-refractivity contribution in [2.75, 3.05) is 13.1 Å². The van der Waals surface area contributed by atoms with Crippen LogP contribution < -0.4 is 0 Å². The number of carbonyl (C=O) groups excluding carboxylic acids is 1. The number of amides is 1. The lowest BCUT2D eigenvalue weighted by Gasteiger charge is -2.34. The molecule has 1 aromatic carbocycles. The standard InChI is InChI=1S/C13H15ClN2O4/c1-8-7-15(6-5-11(8)17)13(18)12-9(14)3-2-4-10(12)16(19)20/h2-4,8,11,17H,5-7H2,1H3. The Morgan fingerprint density at radius 1 is 1.55 bits per heavy atom. The predicted octanol–water partition coefficient (Wildman–Crippen LogP) is 2.09. The van der Waals surface area contributed by atoms with E-state index in [-0.39, 0.29) is 22.2 Å². The summed E-state index contributed by atoms with van der Waals surface area (Å²) in [4.78, 5) is 24.4. The summed E-state index contributed by atoms with van der Waals surface area (Å²) in [5.74, 6) is -0.518. The van der Waals surface area contributed by atoms with E-state index in [1.165, 1.54) is 23.1 Å². The molecule has 7 heteroatoms. The summed E-state index contributed by atoms with van der Waals surface area (Å²) in [7, 11) is 0. The number of nitrogens with zero attached hydrogens (tertiary/aromatic N) is 2. The van der Waals surface area contributed by atoms with Crippen molar-refractivity contribution in [2.24, 2.45) is 5.92 Å². The number of likely N-dealkylation sites (tertiary alicyclic amines) is 1. The lowest BCUT2D eigenvalue weighted by atomic mass is 9.96. The Labute approximate surface area is 121 Å². The molecule has 0 saturated carbocycles. The fourth-order valence-electron chi connectivity index (χ4n) is 2.35. The second-order valence-corrected chi connectivity index (χ2v) is 5.38. The maximum absolute atomic E-state index is 12.5. The van der Waals surface area contributed by atoms with E-state index in [2.05, 4.69) is 0 Å². The first kappa shape index (κ1) is 14.7. The minimum absolute atomic E-state index is 0.0609. The number of aliphatic hydroxyl groups excluding tert-OH is 1. The van der Waals surface area contributed by atoms with Crippen LogP contribution in [0.15, 0.2) is 18.2 Å². The van der Waals surface area contributed by atoms with Crippen LogP contribution in [0.25, 0.3) is 0 Å². The molecule has 108 valence electrons. The van der Waals surface area contributed by atoms with E-state index in [9.17, 15) is 20.0 Å². The van der Waals surface area contributed by atoms with Crippen LogP contribution in [0.5, 0.6) is 0 Å². The first-order valence-electron chi connectivity index (χ1n) is 6.32. The van der Waals surface area contributed by atoms with E-state index in [0.29, 0.717) is 19.5 Å². The highest BCUT2D eigenvalue weighted by Crippen LogP contribution is 2.29.